The van der Waals surface area contributed by atoms with Crippen LogP contribution >= 0.6 is 11.6 Å². The van der Waals surface area contributed by atoms with Crippen molar-refractivity contribution in [2.75, 3.05) is 0 Å². The summed E-state index contributed by atoms with van der Waals surface area (Å²) in [5.74, 6) is -0.242. The third-order valence-electron chi connectivity index (χ3n) is 5.10. The van der Waals surface area contributed by atoms with Gasteiger partial charge in [0.2, 0.25) is 11.8 Å². The fourth-order valence-electron chi connectivity index (χ4n) is 3.36. The molecular weight excluding hydrogens is 491 g/mol. The number of aromatic nitrogens is 5. The number of rotatable bonds is 7. The van der Waals surface area contributed by atoms with Gasteiger partial charge in [0, 0.05) is 25.0 Å². The van der Waals surface area contributed by atoms with E-state index in [9.17, 15) is 23.1 Å². The molecule has 1 N–H and O–H groups in total. The molecule has 0 bridgehead atoms. The molecule has 3 aromatic heterocycles. The van der Waals surface area contributed by atoms with Crippen molar-refractivity contribution in [2.45, 2.75) is 39.3 Å². The average Bonchev–Trinajstić information content (AvgIpc) is 3.15. The summed E-state index contributed by atoms with van der Waals surface area (Å²) < 4.78 is 53.4. The molecule has 0 aliphatic heterocycles. The van der Waals surface area contributed by atoms with Gasteiger partial charge in [-0.2, -0.15) is 17.9 Å². The molecule has 0 aliphatic carbocycles. The Labute approximate surface area is 201 Å². The lowest BCUT2D eigenvalue weighted by molar-refractivity contribution is -0.189. The van der Waals surface area contributed by atoms with Gasteiger partial charge in [-0.3, -0.25) is 4.57 Å². The second kappa shape index (κ2) is 9.55. The van der Waals surface area contributed by atoms with Crippen LogP contribution in [0.15, 0.2) is 47.5 Å². The molecule has 0 fully saturated rings. The molecule has 35 heavy (non-hydrogen) atoms. The van der Waals surface area contributed by atoms with Gasteiger partial charge in [0.15, 0.2) is 11.9 Å². The molecule has 0 aliphatic rings. The van der Waals surface area contributed by atoms with Gasteiger partial charge in [0.25, 0.3) is 0 Å². The van der Waals surface area contributed by atoms with Gasteiger partial charge in [0.05, 0.1) is 11.1 Å². The van der Waals surface area contributed by atoms with E-state index in [1.807, 2.05) is 0 Å². The number of fused-ring (bicyclic) bond motifs is 1. The number of benzene rings is 1. The van der Waals surface area contributed by atoms with Crippen LogP contribution in [0.25, 0.3) is 16.5 Å². The van der Waals surface area contributed by atoms with Crippen molar-refractivity contribution in [3.8, 4) is 23.2 Å². The van der Waals surface area contributed by atoms with Crippen LogP contribution in [0.4, 0.5) is 13.2 Å². The number of pyridine rings is 2. The summed E-state index contributed by atoms with van der Waals surface area (Å²) in [6.07, 6.45) is -4.05. The van der Waals surface area contributed by atoms with E-state index in [1.165, 1.54) is 41.2 Å². The molecule has 0 radical (unpaired) electrons. The number of hydrogen-bond donors (Lipinski definition) is 1. The Hall–Kier alpha value is -3.64. The van der Waals surface area contributed by atoms with E-state index in [4.69, 9.17) is 21.1 Å². The highest BCUT2D eigenvalue weighted by molar-refractivity contribution is 6.31. The number of nitrogens with zero attached hydrogens (tertiary/aromatic N) is 5. The minimum Gasteiger partial charge on any atom is -0.480 e. The summed E-state index contributed by atoms with van der Waals surface area (Å²) in [4.78, 5) is 21.0. The minimum atomic E-state index is -4.67. The first-order valence-electron chi connectivity index (χ1n) is 10.4. The highest BCUT2D eigenvalue weighted by atomic mass is 35.5. The first kappa shape index (κ1) is 24.5. The van der Waals surface area contributed by atoms with Gasteiger partial charge in [-0.05, 0) is 43.5 Å². The largest absolute Gasteiger partial charge is 0.480 e. The van der Waals surface area contributed by atoms with Gasteiger partial charge in [-0.1, -0.05) is 11.6 Å². The van der Waals surface area contributed by atoms with Crippen LogP contribution in [0, 0.1) is 0 Å². The van der Waals surface area contributed by atoms with Gasteiger partial charge < -0.3 is 14.6 Å². The lowest BCUT2D eigenvalue weighted by Crippen LogP contribution is -2.31. The zero-order valence-corrected chi connectivity index (χ0v) is 19.2. The van der Waals surface area contributed by atoms with Crippen molar-refractivity contribution >= 4 is 22.4 Å². The maximum absolute atomic E-state index is 13.4. The summed E-state index contributed by atoms with van der Waals surface area (Å²) in [5, 5.41) is 14.3. The van der Waals surface area contributed by atoms with Crippen molar-refractivity contribution in [2.24, 2.45) is 0 Å². The van der Waals surface area contributed by atoms with Gasteiger partial charge >= 0.3 is 11.9 Å². The topological polar surface area (TPSA) is 104 Å². The molecule has 0 saturated heterocycles. The van der Waals surface area contributed by atoms with Gasteiger partial charge in [-0.25, -0.2) is 14.8 Å². The highest BCUT2D eigenvalue weighted by Gasteiger charge is 2.38. The van der Waals surface area contributed by atoms with Crippen LogP contribution in [0.1, 0.15) is 19.7 Å². The monoisotopic (exact) mass is 509 g/mol. The molecule has 9 nitrogen and oxygen atoms in total. The second-order valence-corrected chi connectivity index (χ2v) is 7.77. The Morgan fingerprint density at radius 1 is 1.17 bits per heavy atom. The molecule has 4 aromatic rings. The zero-order valence-electron chi connectivity index (χ0n) is 18.5. The second-order valence-electron chi connectivity index (χ2n) is 7.37. The lowest BCUT2D eigenvalue weighted by atomic mass is 10.1. The number of hydrogen-bond acceptors (Lipinski definition) is 7. The third-order valence-corrected chi connectivity index (χ3v) is 5.39. The SMILES string of the molecule is CCn1c(CO)nn(-c2cc(O[C@@H](C)C(F)(F)F)c3c(Oc4ncccc4Cl)nccc3c2)c1=O. The maximum Gasteiger partial charge on any atom is 0.425 e. The Morgan fingerprint density at radius 2 is 1.91 bits per heavy atom. The van der Waals surface area contributed by atoms with E-state index in [1.54, 1.807) is 13.0 Å². The van der Waals surface area contributed by atoms with Gasteiger partial charge in [0.1, 0.15) is 17.4 Å². The predicted molar refractivity (Wildman–Crippen MR) is 120 cm³/mol. The first-order chi connectivity index (χ1) is 16.6. The Morgan fingerprint density at radius 3 is 2.54 bits per heavy atom. The third kappa shape index (κ3) is 4.80. The van der Waals surface area contributed by atoms with Crippen molar-refractivity contribution in [1.29, 1.82) is 0 Å². The lowest BCUT2D eigenvalue weighted by Gasteiger charge is -2.20. The number of halogens is 4. The molecule has 13 heteroatoms. The normalized spacial score (nSPS) is 12.7. The van der Waals surface area contributed by atoms with Crippen LogP contribution in [0.2, 0.25) is 5.02 Å². The van der Waals surface area contributed by atoms with Crippen molar-refractivity contribution in [1.82, 2.24) is 24.3 Å². The quantitative estimate of drug-likeness (QED) is 0.397. The van der Waals surface area contributed by atoms with Gasteiger partial charge in [-0.15, -0.1) is 5.10 Å². The predicted octanol–water partition coefficient (Wildman–Crippen LogP) is 4.26. The molecule has 3 heterocycles. The first-order valence-corrected chi connectivity index (χ1v) is 10.8. The van der Waals surface area contributed by atoms with E-state index in [-0.39, 0.29) is 46.0 Å². The van der Waals surface area contributed by atoms with E-state index >= 15 is 0 Å². The molecule has 0 unspecified atom stereocenters. The number of ether oxygens (including phenoxy) is 2. The summed E-state index contributed by atoms with van der Waals surface area (Å²) >= 11 is 6.11. The number of alkyl halides is 3. The highest BCUT2D eigenvalue weighted by Crippen LogP contribution is 2.39. The van der Waals surface area contributed by atoms with Crippen molar-refractivity contribution < 1.29 is 27.8 Å². The Balaban J connectivity index is 1.93. The Kier molecular flexibility index (Phi) is 6.68. The van der Waals surface area contributed by atoms with Crippen molar-refractivity contribution in [3.05, 3.63) is 64.1 Å². The molecule has 1 aromatic carbocycles. The molecule has 184 valence electrons. The van der Waals surface area contributed by atoms with E-state index in [0.29, 0.717) is 5.39 Å². The van der Waals surface area contributed by atoms with Crippen LogP contribution in [0.5, 0.6) is 17.5 Å². The van der Waals surface area contributed by atoms with Crippen LogP contribution in [-0.2, 0) is 13.2 Å². The van der Waals surface area contributed by atoms with Crippen molar-refractivity contribution in [3.63, 3.8) is 0 Å². The minimum absolute atomic E-state index is 0.00133. The van der Waals surface area contributed by atoms with E-state index in [2.05, 4.69) is 15.1 Å². The smallest absolute Gasteiger partial charge is 0.425 e. The zero-order chi connectivity index (χ0) is 25.3. The molecule has 1 atom stereocenters. The summed E-state index contributed by atoms with van der Waals surface area (Å²) in [7, 11) is 0. The molecule has 0 saturated carbocycles. The Bertz CT molecular complexity index is 1440. The number of aliphatic hydroxyl groups is 1. The van der Waals surface area contributed by atoms with E-state index < -0.39 is 24.6 Å². The van der Waals surface area contributed by atoms with Crippen LogP contribution < -0.4 is 15.2 Å². The van der Waals surface area contributed by atoms with Crippen LogP contribution in [0.3, 0.4) is 0 Å². The maximum atomic E-state index is 13.4. The van der Waals surface area contributed by atoms with Crippen LogP contribution in [-0.4, -0.2) is 41.7 Å². The molecular formula is C22H19ClF3N5O4. The standard InChI is InChI=1S/C22H19ClF3N5O4/c1-3-30-17(11-32)29-31(21(30)33)14-9-13-6-8-28-20(35-19-15(23)5-4-7-27-19)18(13)16(10-14)34-12(2)22(24,25)26/h4-10,12,32H,3,11H2,1-2H3/t12-/m0/s1. The fraction of sp³-hybridized carbons (Fsp3) is 0.273. The summed E-state index contributed by atoms with van der Waals surface area (Å²) in [6, 6.07) is 7.39. The number of aliphatic hydroxyl groups excluding tert-OH is 1. The summed E-state index contributed by atoms with van der Waals surface area (Å²) in [6.45, 7) is 2.30. The molecule has 4 rings (SSSR count). The molecule has 0 amide bonds. The molecule has 0 spiro atoms. The summed E-state index contributed by atoms with van der Waals surface area (Å²) in [5.41, 5.74) is -0.446. The average molecular weight is 510 g/mol. The van der Waals surface area contributed by atoms with E-state index in [0.717, 1.165) is 11.6 Å². The fourth-order valence-corrected chi connectivity index (χ4v) is 3.52.